The standard InChI is InChI=1S/C26H23ClN4O4/c27-20-8-2-1-6-18(20)23(32)26(35)30-13-11-29(12-14-30)21-9-3-7-19-22(21)25(34)31(24(19)33)16-17-5-4-10-28-15-17/h1-10,15,23,32H,11-14,16H2/t23-/m1/s1. The van der Waals surface area contributed by atoms with Gasteiger partial charge in [-0.3, -0.25) is 24.3 Å². The maximum atomic E-state index is 13.3. The van der Waals surface area contributed by atoms with Crippen LogP contribution in [0.1, 0.15) is 37.9 Å². The van der Waals surface area contributed by atoms with E-state index in [1.165, 1.54) is 4.90 Å². The molecule has 0 bridgehead atoms. The fourth-order valence-corrected chi connectivity index (χ4v) is 4.81. The topological polar surface area (TPSA) is 94.1 Å². The molecule has 2 aromatic carbocycles. The number of anilines is 1. The largest absolute Gasteiger partial charge is 0.378 e. The zero-order chi connectivity index (χ0) is 24.5. The smallest absolute Gasteiger partial charge is 0.263 e. The lowest BCUT2D eigenvalue weighted by molar-refractivity contribution is -0.140. The number of rotatable bonds is 5. The van der Waals surface area contributed by atoms with Crippen LogP contribution < -0.4 is 4.90 Å². The lowest BCUT2D eigenvalue weighted by atomic mass is 10.1. The number of hydrogen-bond acceptors (Lipinski definition) is 6. The Balaban J connectivity index is 1.31. The monoisotopic (exact) mass is 490 g/mol. The summed E-state index contributed by atoms with van der Waals surface area (Å²) in [6.07, 6.45) is 1.94. The molecule has 178 valence electrons. The van der Waals surface area contributed by atoms with E-state index in [0.717, 1.165) is 5.56 Å². The Morgan fingerprint density at radius 1 is 0.971 bits per heavy atom. The highest BCUT2D eigenvalue weighted by Gasteiger charge is 2.39. The highest BCUT2D eigenvalue weighted by atomic mass is 35.5. The third-order valence-corrected chi connectivity index (χ3v) is 6.75. The van der Waals surface area contributed by atoms with Crippen molar-refractivity contribution in [3.63, 3.8) is 0 Å². The van der Waals surface area contributed by atoms with Crippen LogP contribution in [0.25, 0.3) is 0 Å². The highest BCUT2D eigenvalue weighted by molar-refractivity contribution is 6.31. The Kier molecular flexibility index (Phi) is 6.23. The molecule has 1 saturated heterocycles. The third kappa shape index (κ3) is 4.26. The number of pyridine rings is 1. The van der Waals surface area contributed by atoms with Crippen molar-refractivity contribution in [1.29, 1.82) is 0 Å². The van der Waals surface area contributed by atoms with Crippen LogP contribution in [0, 0.1) is 0 Å². The molecule has 3 aromatic rings. The molecular weight excluding hydrogens is 468 g/mol. The van der Waals surface area contributed by atoms with E-state index in [1.54, 1.807) is 59.8 Å². The number of hydrogen-bond donors (Lipinski definition) is 1. The molecule has 0 unspecified atom stereocenters. The van der Waals surface area contributed by atoms with E-state index in [9.17, 15) is 19.5 Å². The minimum atomic E-state index is -1.34. The lowest BCUT2D eigenvalue weighted by Gasteiger charge is -2.37. The predicted octanol–water partition coefficient (Wildman–Crippen LogP) is 2.91. The quantitative estimate of drug-likeness (QED) is 0.553. The number of aromatic nitrogens is 1. The first kappa shape index (κ1) is 23.0. The second-order valence-corrected chi connectivity index (χ2v) is 8.90. The summed E-state index contributed by atoms with van der Waals surface area (Å²) in [5, 5.41) is 10.9. The number of carbonyl (C=O) groups is 3. The van der Waals surface area contributed by atoms with E-state index in [4.69, 9.17) is 11.6 Å². The molecule has 1 N–H and O–H groups in total. The van der Waals surface area contributed by atoms with Crippen molar-refractivity contribution < 1.29 is 19.5 Å². The molecule has 0 radical (unpaired) electrons. The molecule has 3 amide bonds. The summed E-state index contributed by atoms with van der Waals surface area (Å²) in [6.45, 7) is 1.81. The maximum Gasteiger partial charge on any atom is 0.263 e. The van der Waals surface area contributed by atoms with Gasteiger partial charge in [-0.1, -0.05) is 41.9 Å². The van der Waals surface area contributed by atoms with Gasteiger partial charge in [-0.25, -0.2) is 0 Å². The Labute approximate surface area is 207 Å². The first-order valence-corrected chi connectivity index (χ1v) is 11.7. The number of aliphatic hydroxyl groups is 1. The van der Waals surface area contributed by atoms with Crippen LogP contribution in [0.2, 0.25) is 5.02 Å². The van der Waals surface area contributed by atoms with Crippen molar-refractivity contribution in [2.24, 2.45) is 0 Å². The molecule has 3 heterocycles. The van der Waals surface area contributed by atoms with Gasteiger partial charge in [0.25, 0.3) is 17.7 Å². The van der Waals surface area contributed by atoms with E-state index >= 15 is 0 Å². The van der Waals surface area contributed by atoms with Crippen LogP contribution in [0.3, 0.4) is 0 Å². The van der Waals surface area contributed by atoms with Crippen LogP contribution in [0.4, 0.5) is 5.69 Å². The van der Waals surface area contributed by atoms with E-state index in [0.29, 0.717) is 53.6 Å². The number of nitrogens with zero attached hydrogens (tertiary/aromatic N) is 4. The summed E-state index contributed by atoms with van der Waals surface area (Å²) in [6, 6.07) is 15.6. The van der Waals surface area contributed by atoms with E-state index in [2.05, 4.69) is 4.98 Å². The number of imide groups is 1. The van der Waals surface area contributed by atoms with Crippen LogP contribution in [-0.4, -0.2) is 63.8 Å². The van der Waals surface area contributed by atoms with Gasteiger partial charge in [0, 0.05) is 49.2 Å². The third-order valence-electron chi connectivity index (χ3n) is 6.41. The second-order valence-electron chi connectivity index (χ2n) is 8.49. The molecule has 9 heteroatoms. The van der Waals surface area contributed by atoms with Crippen molar-refractivity contribution in [2.45, 2.75) is 12.6 Å². The number of carbonyl (C=O) groups excluding carboxylic acids is 3. The fourth-order valence-electron chi connectivity index (χ4n) is 4.57. The molecule has 8 nitrogen and oxygen atoms in total. The molecule has 0 aliphatic carbocycles. The number of piperazine rings is 1. The lowest BCUT2D eigenvalue weighted by Crippen LogP contribution is -2.50. The predicted molar refractivity (Wildman–Crippen MR) is 130 cm³/mol. The molecule has 2 aliphatic heterocycles. The van der Waals surface area contributed by atoms with Gasteiger partial charge in [0.2, 0.25) is 0 Å². The molecule has 2 aliphatic rings. The van der Waals surface area contributed by atoms with Crippen LogP contribution in [0.15, 0.2) is 67.0 Å². The zero-order valence-electron chi connectivity index (χ0n) is 18.8. The summed E-state index contributed by atoms with van der Waals surface area (Å²) < 4.78 is 0. The highest BCUT2D eigenvalue weighted by Crippen LogP contribution is 2.33. The van der Waals surface area contributed by atoms with Gasteiger partial charge in [0.1, 0.15) is 0 Å². The summed E-state index contributed by atoms with van der Waals surface area (Å²) >= 11 is 6.14. The molecule has 0 saturated carbocycles. The Morgan fingerprint density at radius 2 is 1.74 bits per heavy atom. The molecular formula is C26H23ClN4O4. The fraction of sp³-hybridized carbons (Fsp3) is 0.231. The van der Waals surface area contributed by atoms with Gasteiger partial charge < -0.3 is 14.9 Å². The number of benzene rings is 2. The number of amides is 3. The van der Waals surface area contributed by atoms with Crippen LogP contribution in [0.5, 0.6) is 0 Å². The second kappa shape index (κ2) is 9.48. The molecule has 35 heavy (non-hydrogen) atoms. The van der Waals surface area contributed by atoms with Crippen molar-refractivity contribution in [3.05, 3.63) is 94.3 Å². The minimum absolute atomic E-state index is 0.155. The SMILES string of the molecule is O=C([C@H](O)c1ccccc1Cl)N1CCN(c2cccc3c2C(=O)N(Cc2cccnc2)C3=O)CC1. The van der Waals surface area contributed by atoms with E-state index in [1.807, 2.05) is 17.0 Å². The van der Waals surface area contributed by atoms with Crippen molar-refractivity contribution in [2.75, 3.05) is 31.1 Å². The molecule has 0 spiro atoms. The zero-order valence-corrected chi connectivity index (χ0v) is 19.6. The number of aliphatic hydroxyl groups excluding tert-OH is 1. The normalized spacial score (nSPS) is 16.5. The average molecular weight is 491 g/mol. The van der Waals surface area contributed by atoms with Gasteiger partial charge in [-0.15, -0.1) is 0 Å². The summed E-state index contributed by atoms with van der Waals surface area (Å²) in [5.74, 6) is -1.07. The maximum absolute atomic E-state index is 13.3. The van der Waals surface area contributed by atoms with Crippen molar-refractivity contribution in [1.82, 2.24) is 14.8 Å². The van der Waals surface area contributed by atoms with Gasteiger partial charge in [-0.2, -0.15) is 0 Å². The first-order valence-electron chi connectivity index (χ1n) is 11.3. The molecule has 1 aromatic heterocycles. The van der Waals surface area contributed by atoms with Gasteiger partial charge in [-0.05, 0) is 29.8 Å². The minimum Gasteiger partial charge on any atom is -0.378 e. The number of fused-ring (bicyclic) bond motifs is 1. The Hall–Kier alpha value is -3.75. The first-order chi connectivity index (χ1) is 17.0. The van der Waals surface area contributed by atoms with Crippen LogP contribution in [-0.2, 0) is 11.3 Å². The van der Waals surface area contributed by atoms with Gasteiger partial charge >= 0.3 is 0 Å². The Bertz CT molecular complexity index is 1290. The van der Waals surface area contributed by atoms with E-state index < -0.39 is 12.0 Å². The average Bonchev–Trinajstić information content (AvgIpc) is 3.14. The van der Waals surface area contributed by atoms with Crippen molar-refractivity contribution in [3.8, 4) is 0 Å². The van der Waals surface area contributed by atoms with Crippen LogP contribution >= 0.6 is 11.6 Å². The molecule has 1 atom stereocenters. The summed E-state index contributed by atoms with van der Waals surface area (Å²) in [4.78, 5) is 48.1. The summed E-state index contributed by atoms with van der Waals surface area (Å²) in [5.41, 5.74) is 2.59. The Morgan fingerprint density at radius 3 is 2.46 bits per heavy atom. The molecule has 1 fully saturated rings. The molecule has 5 rings (SSSR count). The number of halogens is 1. The summed E-state index contributed by atoms with van der Waals surface area (Å²) in [7, 11) is 0. The van der Waals surface area contributed by atoms with E-state index in [-0.39, 0.29) is 18.4 Å². The van der Waals surface area contributed by atoms with Gasteiger partial charge in [0.15, 0.2) is 6.10 Å². The van der Waals surface area contributed by atoms with Crippen molar-refractivity contribution >= 4 is 35.0 Å². The van der Waals surface area contributed by atoms with Gasteiger partial charge in [0.05, 0.1) is 23.4 Å².